The van der Waals surface area contributed by atoms with E-state index >= 15 is 0 Å². The third-order valence-corrected chi connectivity index (χ3v) is 2.15. The van der Waals surface area contributed by atoms with E-state index < -0.39 is 0 Å². The standard InChI is InChI=1S/C8H15N3O/c1-7(9)11-5-3-4-10(2)8(12)6-11/h9H,3-6H2,1-2H3. The fraction of sp³-hybridized carbons (Fsp3) is 0.750. The van der Waals surface area contributed by atoms with Crippen LogP contribution in [0.15, 0.2) is 0 Å². The minimum Gasteiger partial charge on any atom is -0.351 e. The van der Waals surface area contributed by atoms with Crippen molar-refractivity contribution in [2.45, 2.75) is 13.3 Å². The number of nitrogens with zero attached hydrogens (tertiary/aromatic N) is 2. The van der Waals surface area contributed by atoms with E-state index in [1.165, 1.54) is 0 Å². The van der Waals surface area contributed by atoms with Crippen molar-refractivity contribution in [3.05, 3.63) is 0 Å². The largest absolute Gasteiger partial charge is 0.351 e. The van der Waals surface area contributed by atoms with Crippen molar-refractivity contribution in [2.24, 2.45) is 0 Å². The summed E-state index contributed by atoms with van der Waals surface area (Å²) < 4.78 is 0. The van der Waals surface area contributed by atoms with Crippen molar-refractivity contribution in [3.8, 4) is 0 Å². The van der Waals surface area contributed by atoms with E-state index in [0.29, 0.717) is 12.4 Å². The van der Waals surface area contributed by atoms with E-state index in [1.54, 1.807) is 11.8 Å². The minimum atomic E-state index is 0.110. The summed E-state index contributed by atoms with van der Waals surface area (Å²) in [5.74, 6) is 0.595. The SMILES string of the molecule is CC(=N)N1CCCN(C)C(=O)C1. The molecule has 0 radical (unpaired) electrons. The molecule has 0 saturated carbocycles. The van der Waals surface area contributed by atoms with E-state index in [9.17, 15) is 4.79 Å². The Kier molecular flexibility index (Phi) is 2.68. The van der Waals surface area contributed by atoms with Crippen LogP contribution in [0.3, 0.4) is 0 Å². The van der Waals surface area contributed by atoms with Gasteiger partial charge in [0.15, 0.2) is 0 Å². The van der Waals surface area contributed by atoms with Crippen LogP contribution in [0.5, 0.6) is 0 Å². The van der Waals surface area contributed by atoms with Gasteiger partial charge >= 0.3 is 0 Å². The van der Waals surface area contributed by atoms with Gasteiger partial charge in [0.1, 0.15) is 0 Å². The first kappa shape index (κ1) is 9.03. The molecule has 1 heterocycles. The third kappa shape index (κ3) is 1.96. The molecule has 1 aliphatic rings. The fourth-order valence-corrected chi connectivity index (χ4v) is 1.27. The molecule has 0 bridgehead atoms. The van der Waals surface area contributed by atoms with Crippen molar-refractivity contribution in [1.29, 1.82) is 5.41 Å². The predicted molar refractivity (Wildman–Crippen MR) is 47.2 cm³/mol. The second-order valence-corrected chi connectivity index (χ2v) is 3.18. The number of likely N-dealkylation sites (N-methyl/N-ethyl adjacent to an activating group) is 1. The monoisotopic (exact) mass is 169 g/mol. The second-order valence-electron chi connectivity index (χ2n) is 3.18. The molecule has 1 amide bonds. The van der Waals surface area contributed by atoms with E-state index in [4.69, 9.17) is 5.41 Å². The molecule has 1 N–H and O–H groups in total. The van der Waals surface area contributed by atoms with Crippen LogP contribution < -0.4 is 0 Å². The number of amidine groups is 1. The van der Waals surface area contributed by atoms with Gasteiger partial charge in [0.2, 0.25) is 5.91 Å². The molecule has 68 valence electrons. The van der Waals surface area contributed by atoms with E-state index in [1.807, 2.05) is 11.9 Å². The molecule has 4 heteroatoms. The zero-order chi connectivity index (χ0) is 9.14. The Morgan fingerprint density at radius 3 is 2.75 bits per heavy atom. The molecular formula is C8H15N3O. The number of hydrogen-bond acceptors (Lipinski definition) is 2. The Labute approximate surface area is 72.7 Å². The van der Waals surface area contributed by atoms with Gasteiger partial charge in [-0.15, -0.1) is 0 Å². The van der Waals surface area contributed by atoms with Crippen LogP contribution in [-0.4, -0.2) is 48.2 Å². The minimum absolute atomic E-state index is 0.110. The summed E-state index contributed by atoms with van der Waals surface area (Å²) in [4.78, 5) is 14.9. The van der Waals surface area contributed by atoms with Crippen LogP contribution in [-0.2, 0) is 4.79 Å². The van der Waals surface area contributed by atoms with E-state index in [-0.39, 0.29) is 5.91 Å². The lowest BCUT2D eigenvalue weighted by Crippen LogP contribution is -2.36. The number of amides is 1. The smallest absolute Gasteiger partial charge is 0.241 e. The lowest BCUT2D eigenvalue weighted by atomic mass is 10.4. The number of rotatable bonds is 0. The molecule has 12 heavy (non-hydrogen) atoms. The molecule has 0 unspecified atom stereocenters. The fourth-order valence-electron chi connectivity index (χ4n) is 1.27. The number of carbonyl (C=O) groups excluding carboxylic acids is 1. The van der Waals surface area contributed by atoms with Gasteiger partial charge in [0, 0.05) is 20.1 Å². The van der Waals surface area contributed by atoms with Crippen molar-refractivity contribution in [2.75, 3.05) is 26.7 Å². The lowest BCUT2D eigenvalue weighted by Gasteiger charge is -2.19. The summed E-state index contributed by atoms with van der Waals surface area (Å²) in [6.07, 6.45) is 0.957. The maximum atomic E-state index is 11.3. The highest BCUT2D eigenvalue weighted by atomic mass is 16.2. The maximum absolute atomic E-state index is 11.3. The predicted octanol–water partition coefficient (Wildman–Crippen LogP) is 0.148. The van der Waals surface area contributed by atoms with Crippen molar-refractivity contribution in [1.82, 2.24) is 9.80 Å². The quantitative estimate of drug-likeness (QED) is 0.414. The highest BCUT2D eigenvalue weighted by Gasteiger charge is 2.18. The first-order chi connectivity index (χ1) is 5.61. The first-order valence-corrected chi connectivity index (χ1v) is 4.15. The number of carbonyl (C=O) groups is 1. The zero-order valence-corrected chi connectivity index (χ0v) is 7.63. The van der Waals surface area contributed by atoms with Gasteiger partial charge in [-0.25, -0.2) is 0 Å². The van der Waals surface area contributed by atoms with Gasteiger partial charge in [-0.2, -0.15) is 0 Å². The van der Waals surface area contributed by atoms with Crippen molar-refractivity contribution < 1.29 is 4.79 Å². The normalized spacial score (nSPS) is 19.3. The summed E-state index contributed by atoms with van der Waals surface area (Å²) >= 11 is 0. The van der Waals surface area contributed by atoms with Gasteiger partial charge in [-0.05, 0) is 13.3 Å². The van der Waals surface area contributed by atoms with Gasteiger partial charge in [-0.3, -0.25) is 10.2 Å². The molecule has 1 aliphatic heterocycles. The highest BCUT2D eigenvalue weighted by molar-refractivity contribution is 5.85. The van der Waals surface area contributed by atoms with Crippen LogP contribution in [0.4, 0.5) is 0 Å². The molecular weight excluding hydrogens is 154 g/mol. The Hall–Kier alpha value is -1.06. The Morgan fingerprint density at radius 1 is 1.50 bits per heavy atom. The summed E-state index contributed by atoms with van der Waals surface area (Å²) in [6, 6.07) is 0. The first-order valence-electron chi connectivity index (χ1n) is 4.15. The summed E-state index contributed by atoms with van der Waals surface area (Å²) in [5, 5.41) is 7.40. The van der Waals surface area contributed by atoms with E-state index in [0.717, 1.165) is 19.5 Å². The Morgan fingerprint density at radius 2 is 2.17 bits per heavy atom. The molecule has 4 nitrogen and oxygen atoms in total. The van der Waals surface area contributed by atoms with Crippen LogP contribution in [0.2, 0.25) is 0 Å². The molecule has 1 rings (SSSR count). The third-order valence-electron chi connectivity index (χ3n) is 2.15. The van der Waals surface area contributed by atoms with Crippen LogP contribution in [0, 0.1) is 5.41 Å². The Bertz CT molecular complexity index is 202. The van der Waals surface area contributed by atoms with Crippen LogP contribution >= 0.6 is 0 Å². The number of hydrogen-bond donors (Lipinski definition) is 1. The molecule has 0 aliphatic carbocycles. The lowest BCUT2D eigenvalue weighted by molar-refractivity contribution is -0.129. The average molecular weight is 169 g/mol. The zero-order valence-electron chi connectivity index (χ0n) is 7.63. The molecule has 0 aromatic heterocycles. The summed E-state index contributed by atoms with van der Waals surface area (Å²) in [7, 11) is 1.81. The van der Waals surface area contributed by atoms with Crippen molar-refractivity contribution in [3.63, 3.8) is 0 Å². The van der Waals surface area contributed by atoms with Crippen LogP contribution in [0.25, 0.3) is 0 Å². The highest BCUT2D eigenvalue weighted by Crippen LogP contribution is 2.02. The van der Waals surface area contributed by atoms with E-state index in [2.05, 4.69) is 0 Å². The van der Waals surface area contributed by atoms with Gasteiger partial charge in [0.25, 0.3) is 0 Å². The molecule has 0 spiro atoms. The molecule has 0 atom stereocenters. The molecule has 0 aromatic carbocycles. The topological polar surface area (TPSA) is 47.4 Å². The van der Waals surface area contributed by atoms with Gasteiger partial charge in [-0.1, -0.05) is 0 Å². The Balaban J connectivity index is 2.60. The molecule has 1 saturated heterocycles. The van der Waals surface area contributed by atoms with Gasteiger partial charge < -0.3 is 9.80 Å². The average Bonchev–Trinajstić information content (AvgIpc) is 2.15. The molecule has 0 aromatic rings. The number of nitrogens with one attached hydrogen (secondary N) is 1. The van der Waals surface area contributed by atoms with Crippen LogP contribution in [0.1, 0.15) is 13.3 Å². The maximum Gasteiger partial charge on any atom is 0.241 e. The van der Waals surface area contributed by atoms with Crippen molar-refractivity contribution >= 4 is 11.7 Å². The summed E-state index contributed by atoms with van der Waals surface area (Å²) in [6.45, 7) is 3.72. The second kappa shape index (κ2) is 3.56. The van der Waals surface area contributed by atoms with Gasteiger partial charge in [0.05, 0.1) is 12.4 Å². The molecule has 1 fully saturated rings. The summed E-state index contributed by atoms with van der Waals surface area (Å²) in [5.41, 5.74) is 0.